The Morgan fingerprint density at radius 1 is 1.12 bits per heavy atom. The zero-order chi connectivity index (χ0) is 12.1. The van der Waals surface area contributed by atoms with Crippen LogP contribution in [0.1, 0.15) is 10.4 Å². The fraction of sp³-hybridized carbons (Fsp3) is 0.462. The summed E-state index contributed by atoms with van der Waals surface area (Å²) in [5.41, 5.74) is 0.728. The standard InChI is InChI=1S/C13H17FN2O/c14-6-7-15-8-10-16(11-9-15)13(17)12-4-2-1-3-5-12/h1-5H,6-11H2. The minimum atomic E-state index is -0.313. The fourth-order valence-electron chi connectivity index (χ4n) is 2.06. The van der Waals surface area contributed by atoms with E-state index < -0.39 is 0 Å². The Morgan fingerprint density at radius 2 is 1.76 bits per heavy atom. The van der Waals surface area contributed by atoms with Gasteiger partial charge in [-0.1, -0.05) is 18.2 Å². The van der Waals surface area contributed by atoms with Gasteiger partial charge in [-0.05, 0) is 12.1 Å². The number of hydrogen-bond acceptors (Lipinski definition) is 2. The first-order valence-corrected chi connectivity index (χ1v) is 5.94. The number of rotatable bonds is 3. The van der Waals surface area contributed by atoms with Crippen LogP contribution in [0.3, 0.4) is 0 Å². The van der Waals surface area contributed by atoms with Crippen LogP contribution >= 0.6 is 0 Å². The van der Waals surface area contributed by atoms with Crippen molar-refractivity contribution in [1.82, 2.24) is 9.80 Å². The molecule has 2 rings (SSSR count). The van der Waals surface area contributed by atoms with Crippen LogP contribution in [0.25, 0.3) is 0 Å². The number of piperazine rings is 1. The first-order valence-electron chi connectivity index (χ1n) is 5.94. The van der Waals surface area contributed by atoms with Crippen LogP contribution in [0.4, 0.5) is 4.39 Å². The normalized spacial score (nSPS) is 17.1. The molecule has 1 heterocycles. The van der Waals surface area contributed by atoms with Gasteiger partial charge < -0.3 is 4.90 Å². The molecule has 0 aromatic heterocycles. The number of amides is 1. The third kappa shape index (κ3) is 3.03. The number of carbonyl (C=O) groups excluding carboxylic acids is 1. The summed E-state index contributed by atoms with van der Waals surface area (Å²) in [4.78, 5) is 16.0. The Labute approximate surface area is 101 Å². The molecule has 1 aliphatic rings. The highest BCUT2D eigenvalue weighted by molar-refractivity contribution is 5.94. The average molecular weight is 236 g/mol. The molecule has 1 saturated heterocycles. The zero-order valence-corrected chi connectivity index (χ0v) is 9.81. The Hall–Kier alpha value is -1.42. The largest absolute Gasteiger partial charge is 0.336 e. The van der Waals surface area contributed by atoms with E-state index in [4.69, 9.17) is 0 Å². The number of carbonyl (C=O) groups is 1. The maximum Gasteiger partial charge on any atom is 0.253 e. The lowest BCUT2D eigenvalue weighted by molar-refractivity contribution is 0.0630. The average Bonchev–Trinajstić information content (AvgIpc) is 2.40. The Kier molecular flexibility index (Phi) is 4.09. The van der Waals surface area contributed by atoms with E-state index in [2.05, 4.69) is 4.90 Å². The summed E-state index contributed by atoms with van der Waals surface area (Å²) in [6.07, 6.45) is 0. The number of hydrogen-bond donors (Lipinski definition) is 0. The minimum absolute atomic E-state index is 0.0745. The molecule has 0 N–H and O–H groups in total. The van der Waals surface area contributed by atoms with E-state index in [0.717, 1.165) is 18.7 Å². The van der Waals surface area contributed by atoms with Crippen molar-refractivity contribution < 1.29 is 9.18 Å². The Bertz CT molecular complexity index is 361. The Morgan fingerprint density at radius 3 is 2.35 bits per heavy atom. The van der Waals surface area contributed by atoms with Crippen molar-refractivity contribution in [2.24, 2.45) is 0 Å². The molecule has 0 unspecified atom stereocenters. The molecule has 3 nitrogen and oxygen atoms in total. The van der Waals surface area contributed by atoms with Gasteiger partial charge in [-0.2, -0.15) is 0 Å². The van der Waals surface area contributed by atoms with Crippen LogP contribution in [0.2, 0.25) is 0 Å². The van der Waals surface area contributed by atoms with Gasteiger partial charge in [0, 0.05) is 38.3 Å². The third-order valence-corrected chi connectivity index (χ3v) is 3.08. The maximum atomic E-state index is 12.2. The van der Waals surface area contributed by atoms with E-state index in [1.165, 1.54) is 0 Å². The van der Waals surface area contributed by atoms with Crippen molar-refractivity contribution in [3.05, 3.63) is 35.9 Å². The second kappa shape index (κ2) is 5.77. The topological polar surface area (TPSA) is 23.6 Å². The molecule has 1 aliphatic heterocycles. The maximum absolute atomic E-state index is 12.2. The molecule has 0 aliphatic carbocycles. The van der Waals surface area contributed by atoms with E-state index in [-0.39, 0.29) is 12.6 Å². The SMILES string of the molecule is O=C(c1ccccc1)N1CCN(CCF)CC1. The first-order chi connectivity index (χ1) is 8.31. The molecule has 4 heteroatoms. The van der Waals surface area contributed by atoms with Crippen LogP contribution in [-0.4, -0.2) is 55.1 Å². The second-order valence-corrected chi connectivity index (χ2v) is 4.19. The van der Waals surface area contributed by atoms with Crippen molar-refractivity contribution in [3.63, 3.8) is 0 Å². The molecule has 1 aromatic rings. The molecule has 0 radical (unpaired) electrons. The van der Waals surface area contributed by atoms with Gasteiger partial charge >= 0.3 is 0 Å². The molecular weight excluding hydrogens is 219 g/mol. The highest BCUT2D eigenvalue weighted by atomic mass is 19.1. The minimum Gasteiger partial charge on any atom is -0.336 e. The predicted molar refractivity (Wildman–Crippen MR) is 64.8 cm³/mol. The quantitative estimate of drug-likeness (QED) is 0.792. The van der Waals surface area contributed by atoms with Crippen LogP contribution in [0, 0.1) is 0 Å². The summed E-state index contributed by atoms with van der Waals surface area (Å²) < 4.78 is 12.2. The number of halogens is 1. The van der Waals surface area contributed by atoms with Gasteiger partial charge in [-0.25, -0.2) is 4.39 Å². The van der Waals surface area contributed by atoms with Gasteiger partial charge in [-0.15, -0.1) is 0 Å². The van der Waals surface area contributed by atoms with E-state index in [0.29, 0.717) is 19.6 Å². The van der Waals surface area contributed by atoms with Crippen molar-refractivity contribution in [1.29, 1.82) is 0 Å². The van der Waals surface area contributed by atoms with Crippen LogP contribution in [0.15, 0.2) is 30.3 Å². The van der Waals surface area contributed by atoms with Gasteiger partial charge in [-0.3, -0.25) is 9.69 Å². The lowest BCUT2D eigenvalue weighted by Crippen LogP contribution is -2.49. The highest BCUT2D eigenvalue weighted by Crippen LogP contribution is 2.08. The third-order valence-electron chi connectivity index (χ3n) is 3.08. The molecule has 0 bridgehead atoms. The van der Waals surface area contributed by atoms with Gasteiger partial charge in [0.1, 0.15) is 6.67 Å². The summed E-state index contributed by atoms with van der Waals surface area (Å²) in [7, 11) is 0. The van der Waals surface area contributed by atoms with Crippen molar-refractivity contribution in [3.8, 4) is 0 Å². The Balaban J connectivity index is 1.91. The lowest BCUT2D eigenvalue weighted by atomic mass is 10.2. The van der Waals surface area contributed by atoms with Gasteiger partial charge in [0.15, 0.2) is 0 Å². The molecule has 1 fully saturated rings. The zero-order valence-electron chi connectivity index (χ0n) is 9.81. The second-order valence-electron chi connectivity index (χ2n) is 4.19. The summed E-state index contributed by atoms with van der Waals surface area (Å²) in [5.74, 6) is 0.0745. The smallest absolute Gasteiger partial charge is 0.253 e. The molecule has 0 saturated carbocycles. The van der Waals surface area contributed by atoms with Crippen molar-refractivity contribution in [2.75, 3.05) is 39.4 Å². The number of benzene rings is 1. The van der Waals surface area contributed by atoms with Gasteiger partial charge in [0.05, 0.1) is 0 Å². The lowest BCUT2D eigenvalue weighted by Gasteiger charge is -2.34. The predicted octanol–water partition coefficient (Wildman–Crippen LogP) is 1.41. The molecule has 0 atom stereocenters. The summed E-state index contributed by atoms with van der Waals surface area (Å²) in [5, 5.41) is 0. The van der Waals surface area contributed by atoms with Crippen LogP contribution in [-0.2, 0) is 0 Å². The summed E-state index contributed by atoms with van der Waals surface area (Å²) in [6.45, 7) is 3.08. The van der Waals surface area contributed by atoms with E-state index in [1.807, 2.05) is 35.2 Å². The fourth-order valence-corrected chi connectivity index (χ4v) is 2.06. The van der Waals surface area contributed by atoms with Crippen molar-refractivity contribution >= 4 is 5.91 Å². The van der Waals surface area contributed by atoms with Gasteiger partial charge in [0.2, 0.25) is 0 Å². The monoisotopic (exact) mass is 236 g/mol. The molecule has 17 heavy (non-hydrogen) atoms. The molecule has 0 spiro atoms. The summed E-state index contributed by atoms with van der Waals surface area (Å²) >= 11 is 0. The van der Waals surface area contributed by atoms with E-state index in [1.54, 1.807) is 0 Å². The molecule has 1 aromatic carbocycles. The summed E-state index contributed by atoms with van der Waals surface area (Å²) in [6, 6.07) is 9.29. The highest BCUT2D eigenvalue weighted by Gasteiger charge is 2.21. The molecular formula is C13H17FN2O. The van der Waals surface area contributed by atoms with Crippen LogP contribution in [0.5, 0.6) is 0 Å². The van der Waals surface area contributed by atoms with E-state index >= 15 is 0 Å². The molecule has 92 valence electrons. The van der Waals surface area contributed by atoms with E-state index in [9.17, 15) is 9.18 Å². The molecule has 1 amide bonds. The first kappa shape index (κ1) is 12.0. The van der Waals surface area contributed by atoms with Crippen LogP contribution < -0.4 is 0 Å². The number of alkyl halides is 1. The van der Waals surface area contributed by atoms with Crippen molar-refractivity contribution in [2.45, 2.75) is 0 Å². The number of nitrogens with zero attached hydrogens (tertiary/aromatic N) is 2. The van der Waals surface area contributed by atoms with Gasteiger partial charge in [0.25, 0.3) is 5.91 Å².